The van der Waals surface area contributed by atoms with Crippen LogP contribution in [0.3, 0.4) is 0 Å². The third-order valence-electron chi connectivity index (χ3n) is 2.94. The zero-order valence-corrected chi connectivity index (χ0v) is 8.42. The topological polar surface area (TPSA) is 6.48 Å². The molecular formula is C10H21N2. The summed E-state index contributed by atoms with van der Waals surface area (Å²) in [6, 6.07) is 0.761. The number of hydrogen-bond donors (Lipinski definition) is 0. The SMILES string of the molecule is [CH2]CN1CCN(C(C)CC)CC1. The molecule has 1 heterocycles. The van der Waals surface area contributed by atoms with Crippen molar-refractivity contribution in [3.05, 3.63) is 6.92 Å². The molecule has 1 saturated heterocycles. The summed E-state index contributed by atoms with van der Waals surface area (Å²) in [5.41, 5.74) is 0. The molecule has 1 aliphatic rings. The molecule has 0 bridgehead atoms. The van der Waals surface area contributed by atoms with Crippen LogP contribution in [0.5, 0.6) is 0 Å². The van der Waals surface area contributed by atoms with Gasteiger partial charge in [-0.25, -0.2) is 0 Å². The second-order valence-electron chi connectivity index (χ2n) is 3.63. The Balaban J connectivity index is 2.25. The largest absolute Gasteiger partial charge is 0.301 e. The quantitative estimate of drug-likeness (QED) is 0.627. The molecule has 0 aromatic carbocycles. The van der Waals surface area contributed by atoms with Gasteiger partial charge in [-0.15, -0.1) is 0 Å². The minimum atomic E-state index is 0.761. The van der Waals surface area contributed by atoms with Crippen LogP contribution < -0.4 is 0 Å². The molecule has 1 radical (unpaired) electrons. The third kappa shape index (κ3) is 2.46. The van der Waals surface area contributed by atoms with E-state index in [4.69, 9.17) is 0 Å². The van der Waals surface area contributed by atoms with Gasteiger partial charge >= 0.3 is 0 Å². The normalized spacial score (nSPS) is 24.2. The van der Waals surface area contributed by atoms with Gasteiger partial charge in [-0.2, -0.15) is 0 Å². The first-order valence-corrected chi connectivity index (χ1v) is 5.03. The van der Waals surface area contributed by atoms with Crippen molar-refractivity contribution in [1.29, 1.82) is 0 Å². The van der Waals surface area contributed by atoms with Crippen LogP contribution >= 0.6 is 0 Å². The molecule has 1 atom stereocenters. The van der Waals surface area contributed by atoms with Gasteiger partial charge in [-0.3, -0.25) is 4.90 Å². The molecule has 1 aliphatic heterocycles. The van der Waals surface area contributed by atoms with Crippen LogP contribution in [0.2, 0.25) is 0 Å². The van der Waals surface area contributed by atoms with Gasteiger partial charge in [0.05, 0.1) is 0 Å². The van der Waals surface area contributed by atoms with Gasteiger partial charge in [0, 0.05) is 32.2 Å². The monoisotopic (exact) mass is 169 g/mol. The molecule has 0 aromatic rings. The van der Waals surface area contributed by atoms with E-state index in [1.54, 1.807) is 0 Å². The lowest BCUT2D eigenvalue weighted by Gasteiger charge is -2.37. The fraction of sp³-hybridized carbons (Fsp3) is 0.900. The van der Waals surface area contributed by atoms with E-state index >= 15 is 0 Å². The zero-order valence-electron chi connectivity index (χ0n) is 8.42. The Morgan fingerprint density at radius 1 is 1.25 bits per heavy atom. The van der Waals surface area contributed by atoms with E-state index < -0.39 is 0 Å². The Labute approximate surface area is 76.5 Å². The molecule has 0 N–H and O–H groups in total. The molecule has 1 rings (SSSR count). The highest BCUT2D eigenvalue weighted by Gasteiger charge is 2.18. The maximum absolute atomic E-state index is 3.91. The lowest BCUT2D eigenvalue weighted by Crippen LogP contribution is -2.49. The van der Waals surface area contributed by atoms with Gasteiger partial charge in [0.1, 0.15) is 0 Å². The van der Waals surface area contributed by atoms with E-state index in [1.807, 2.05) is 0 Å². The van der Waals surface area contributed by atoms with Crippen molar-refractivity contribution in [2.24, 2.45) is 0 Å². The van der Waals surface area contributed by atoms with Crippen LogP contribution in [-0.2, 0) is 0 Å². The average Bonchev–Trinajstić information content (AvgIpc) is 2.17. The zero-order chi connectivity index (χ0) is 8.97. The molecule has 0 aliphatic carbocycles. The van der Waals surface area contributed by atoms with Crippen LogP contribution in [0.4, 0.5) is 0 Å². The Morgan fingerprint density at radius 3 is 2.25 bits per heavy atom. The highest BCUT2D eigenvalue weighted by atomic mass is 15.3. The van der Waals surface area contributed by atoms with Gasteiger partial charge in [-0.05, 0) is 26.8 Å². The Bertz CT molecular complexity index is 117. The molecule has 71 valence electrons. The number of nitrogens with zero attached hydrogens (tertiary/aromatic N) is 2. The van der Waals surface area contributed by atoms with E-state index in [0.29, 0.717) is 0 Å². The van der Waals surface area contributed by atoms with E-state index in [2.05, 4.69) is 30.6 Å². The maximum atomic E-state index is 3.91. The first-order valence-electron chi connectivity index (χ1n) is 5.03. The summed E-state index contributed by atoms with van der Waals surface area (Å²) in [6.07, 6.45) is 1.27. The Kier molecular flexibility index (Phi) is 4.02. The first kappa shape index (κ1) is 10.0. The van der Waals surface area contributed by atoms with Crippen molar-refractivity contribution in [3.63, 3.8) is 0 Å². The molecule has 0 aromatic heterocycles. The number of rotatable bonds is 3. The molecule has 0 spiro atoms. The van der Waals surface area contributed by atoms with E-state index in [-0.39, 0.29) is 0 Å². The summed E-state index contributed by atoms with van der Waals surface area (Å²) in [7, 11) is 0. The smallest absolute Gasteiger partial charge is 0.0113 e. The van der Waals surface area contributed by atoms with Crippen molar-refractivity contribution in [3.8, 4) is 0 Å². The van der Waals surface area contributed by atoms with Gasteiger partial charge < -0.3 is 4.90 Å². The van der Waals surface area contributed by atoms with Gasteiger partial charge in [0.25, 0.3) is 0 Å². The summed E-state index contributed by atoms with van der Waals surface area (Å²) in [4.78, 5) is 4.99. The lowest BCUT2D eigenvalue weighted by molar-refractivity contribution is 0.108. The van der Waals surface area contributed by atoms with Gasteiger partial charge in [-0.1, -0.05) is 6.92 Å². The van der Waals surface area contributed by atoms with Crippen molar-refractivity contribution >= 4 is 0 Å². The van der Waals surface area contributed by atoms with Crippen molar-refractivity contribution in [2.45, 2.75) is 26.3 Å². The van der Waals surface area contributed by atoms with Crippen LogP contribution in [0.15, 0.2) is 0 Å². The molecule has 2 nitrogen and oxygen atoms in total. The summed E-state index contributed by atoms with van der Waals surface area (Å²) in [5, 5.41) is 0. The number of piperazine rings is 1. The molecule has 0 amide bonds. The van der Waals surface area contributed by atoms with E-state index in [0.717, 1.165) is 12.6 Å². The second-order valence-corrected chi connectivity index (χ2v) is 3.63. The third-order valence-corrected chi connectivity index (χ3v) is 2.94. The van der Waals surface area contributed by atoms with Crippen LogP contribution in [0.25, 0.3) is 0 Å². The average molecular weight is 169 g/mol. The summed E-state index contributed by atoms with van der Waals surface area (Å²) >= 11 is 0. The molecule has 2 heteroatoms. The molecule has 12 heavy (non-hydrogen) atoms. The predicted octanol–water partition coefficient (Wildman–Crippen LogP) is 1.24. The van der Waals surface area contributed by atoms with E-state index in [9.17, 15) is 0 Å². The molecule has 1 fully saturated rings. The molecule has 1 unspecified atom stereocenters. The lowest BCUT2D eigenvalue weighted by atomic mass is 10.2. The molecule has 0 saturated carbocycles. The fourth-order valence-electron chi connectivity index (χ4n) is 1.69. The minimum absolute atomic E-state index is 0.761. The van der Waals surface area contributed by atoms with Crippen LogP contribution in [-0.4, -0.2) is 48.6 Å². The van der Waals surface area contributed by atoms with Gasteiger partial charge in [0.15, 0.2) is 0 Å². The predicted molar refractivity (Wildman–Crippen MR) is 53.1 cm³/mol. The fourth-order valence-corrected chi connectivity index (χ4v) is 1.69. The summed E-state index contributed by atoms with van der Waals surface area (Å²) in [5.74, 6) is 0. The van der Waals surface area contributed by atoms with Gasteiger partial charge in [0.2, 0.25) is 0 Å². The minimum Gasteiger partial charge on any atom is -0.301 e. The van der Waals surface area contributed by atoms with Crippen molar-refractivity contribution < 1.29 is 0 Å². The summed E-state index contributed by atoms with van der Waals surface area (Å²) < 4.78 is 0. The Morgan fingerprint density at radius 2 is 1.83 bits per heavy atom. The van der Waals surface area contributed by atoms with E-state index in [1.165, 1.54) is 32.6 Å². The maximum Gasteiger partial charge on any atom is 0.0113 e. The van der Waals surface area contributed by atoms with Crippen LogP contribution in [0.1, 0.15) is 20.3 Å². The summed E-state index contributed by atoms with van der Waals surface area (Å²) in [6.45, 7) is 14.3. The second kappa shape index (κ2) is 4.83. The number of hydrogen-bond acceptors (Lipinski definition) is 2. The van der Waals surface area contributed by atoms with Crippen molar-refractivity contribution in [2.75, 3.05) is 32.7 Å². The first-order chi connectivity index (χ1) is 5.77. The highest BCUT2D eigenvalue weighted by Crippen LogP contribution is 2.07. The van der Waals surface area contributed by atoms with Crippen LogP contribution in [0, 0.1) is 6.92 Å². The Hall–Kier alpha value is -0.0800. The van der Waals surface area contributed by atoms with Crippen molar-refractivity contribution in [1.82, 2.24) is 9.80 Å². The highest BCUT2D eigenvalue weighted by molar-refractivity contribution is 4.75. The molecular weight excluding hydrogens is 148 g/mol. The standard InChI is InChI=1S/C10H21N2/c1-4-10(3)12-8-6-11(5-2)7-9-12/h10H,2,4-9H2,1,3H3.